The summed E-state index contributed by atoms with van der Waals surface area (Å²) >= 11 is 1.79. The summed E-state index contributed by atoms with van der Waals surface area (Å²) in [5.41, 5.74) is 1.28. The average molecular weight is 360 g/mol. The van der Waals surface area contributed by atoms with Gasteiger partial charge in [-0.2, -0.15) is 0 Å². The minimum atomic E-state index is 0.329. The Morgan fingerprint density at radius 2 is 2.00 bits per heavy atom. The van der Waals surface area contributed by atoms with E-state index in [1.165, 1.54) is 10.4 Å². The highest BCUT2D eigenvalue weighted by molar-refractivity contribution is 7.15. The molecule has 25 heavy (non-hydrogen) atoms. The Hall–Kier alpha value is -1.83. The molecular formula is C18H24N4O2S. The summed E-state index contributed by atoms with van der Waals surface area (Å²) in [6.07, 6.45) is 1.98. The van der Waals surface area contributed by atoms with Crippen LogP contribution in [0.1, 0.15) is 23.4 Å². The van der Waals surface area contributed by atoms with Crippen LogP contribution < -0.4 is 19.7 Å². The number of fused-ring (bicyclic) bond motifs is 1. The van der Waals surface area contributed by atoms with Crippen LogP contribution >= 0.6 is 11.3 Å². The highest BCUT2D eigenvalue weighted by Gasteiger charge is 2.25. The molecular weight excluding hydrogens is 336 g/mol. The van der Waals surface area contributed by atoms with Crippen molar-refractivity contribution < 1.29 is 9.47 Å². The fourth-order valence-corrected chi connectivity index (χ4v) is 4.36. The van der Waals surface area contributed by atoms with Gasteiger partial charge in [-0.25, -0.2) is 4.98 Å². The van der Waals surface area contributed by atoms with Crippen molar-refractivity contribution in [2.75, 3.05) is 44.9 Å². The van der Waals surface area contributed by atoms with Crippen molar-refractivity contribution in [2.45, 2.75) is 19.5 Å². The lowest BCUT2D eigenvalue weighted by atomic mass is 10.1. The number of benzene rings is 1. The molecule has 2 aromatic rings. The smallest absolute Gasteiger partial charge is 0.231 e. The van der Waals surface area contributed by atoms with E-state index in [1.54, 1.807) is 11.3 Å². The molecule has 7 heteroatoms. The minimum Gasteiger partial charge on any atom is -0.454 e. The van der Waals surface area contributed by atoms with E-state index in [4.69, 9.17) is 9.47 Å². The second kappa shape index (κ2) is 7.19. The summed E-state index contributed by atoms with van der Waals surface area (Å²) in [4.78, 5) is 10.8. The molecule has 0 saturated carbocycles. The van der Waals surface area contributed by atoms with Gasteiger partial charge < -0.3 is 19.7 Å². The predicted molar refractivity (Wildman–Crippen MR) is 99.6 cm³/mol. The van der Waals surface area contributed by atoms with Crippen LogP contribution in [0.2, 0.25) is 0 Å². The Morgan fingerprint density at radius 1 is 1.20 bits per heavy atom. The number of ether oxygens (including phenoxy) is 2. The quantitative estimate of drug-likeness (QED) is 0.884. The summed E-state index contributed by atoms with van der Waals surface area (Å²) in [7, 11) is 1.97. The lowest BCUT2D eigenvalue weighted by Gasteiger charge is -2.38. The molecule has 1 aromatic heterocycles. The molecule has 0 bridgehead atoms. The van der Waals surface area contributed by atoms with Gasteiger partial charge in [0, 0.05) is 49.8 Å². The molecule has 1 atom stereocenters. The first kappa shape index (κ1) is 16.6. The summed E-state index contributed by atoms with van der Waals surface area (Å²) in [5.74, 6) is 1.71. The molecule has 1 saturated heterocycles. The van der Waals surface area contributed by atoms with E-state index < -0.39 is 0 Å². The van der Waals surface area contributed by atoms with E-state index >= 15 is 0 Å². The normalized spacial score (nSPS) is 18.6. The molecule has 1 N–H and O–H groups in total. The van der Waals surface area contributed by atoms with Crippen LogP contribution in [0.25, 0.3) is 0 Å². The number of rotatable bonds is 5. The molecule has 0 radical (unpaired) electrons. The lowest BCUT2D eigenvalue weighted by Crippen LogP contribution is -2.47. The number of piperazine rings is 1. The van der Waals surface area contributed by atoms with Crippen LogP contribution in [0.5, 0.6) is 11.5 Å². The van der Waals surface area contributed by atoms with Crippen molar-refractivity contribution in [3.05, 3.63) is 34.8 Å². The molecule has 0 spiro atoms. The molecule has 4 rings (SSSR count). The number of thiazole rings is 1. The van der Waals surface area contributed by atoms with Crippen LogP contribution in [0.4, 0.5) is 5.13 Å². The molecule has 0 amide bonds. The number of nitrogens with one attached hydrogen (secondary N) is 1. The third-order valence-corrected chi connectivity index (χ3v) is 5.96. The Morgan fingerprint density at radius 3 is 2.80 bits per heavy atom. The van der Waals surface area contributed by atoms with Gasteiger partial charge in [-0.1, -0.05) is 6.07 Å². The van der Waals surface area contributed by atoms with Gasteiger partial charge in [0.1, 0.15) is 0 Å². The highest BCUT2D eigenvalue weighted by Crippen LogP contribution is 2.35. The molecule has 6 nitrogen and oxygen atoms in total. The van der Waals surface area contributed by atoms with Crippen LogP contribution in [0, 0.1) is 0 Å². The van der Waals surface area contributed by atoms with Crippen molar-refractivity contribution in [3.63, 3.8) is 0 Å². The van der Waals surface area contributed by atoms with E-state index in [2.05, 4.69) is 39.2 Å². The maximum Gasteiger partial charge on any atom is 0.231 e. The molecule has 2 aliphatic rings. The van der Waals surface area contributed by atoms with Crippen LogP contribution in [0.3, 0.4) is 0 Å². The maximum atomic E-state index is 5.51. The third-order valence-electron chi connectivity index (χ3n) is 4.90. The molecule has 2 aliphatic heterocycles. The minimum absolute atomic E-state index is 0.329. The number of anilines is 1. The van der Waals surface area contributed by atoms with Crippen molar-refractivity contribution in [1.29, 1.82) is 0 Å². The van der Waals surface area contributed by atoms with E-state index in [9.17, 15) is 0 Å². The molecule has 0 aliphatic carbocycles. The second-order valence-corrected chi connectivity index (χ2v) is 7.54. The zero-order valence-corrected chi connectivity index (χ0v) is 15.5. The van der Waals surface area contributed by atoms with Crippen molar-refractivity contribution in [2.24, 2.45) is 0 Å². The number of nitrogens with zero attached hydrogens (tertiary/aromatic N) is 3. The second-order valence-electron chi connectivity index (χ2n) is 6.45. The Balaban J connectivity index is 1.37. The topological polar surface area (TPSA) is 49.9 Å². The molecule has 1 unspecified atom stereocenters. The highest BCUT2D eigenvalue weighted by atomic mass is 32.1. The lowest BCUT2D eigenvalue weighted by molar-refractivity contribution is 0.173. The summed E-state index contributed by atoms with van der Waals surface area (Å²) in [6.45, 7) is 7.59. The molecule has 3 heterocycles. The van der Waals surface area contributed by atoms with Gasteiger partial charge in [-0.15, -0.1) is 11.3 Å². The van der Waals surface area contributed by atoms with E-state index in [-0.39, 0.29) is 0 Å². The molecule has 1 aromatic carbocycles. The van der Waals surface area contributed by atoms with Gasteiger partial charge >= 0.3 is 0 Å². The standard InChI is InChI=1S/C18H24N4O2S/c1-13(14-3-4-16-17(9-14)24-12-23-16)21-5-7-22(8-6-21)18-20-11-15(25-18)10-19-2/h3-4,9,11,13,19H,5-8,10,12H2,1-2H3. The Labute approximate surface area is 152 Å². The largest absolute Gasteiger partial charge is 0.454 e. The van der Waals surface area contributed by atoms with Gasteiger partial charge in [0.15, 0.2) is 16.6 Å². The number of aromatic nitrogens is 1. The van der Waals surface area contributed by atoms with E-state index in [0.29, 0.717) is 12.8 Å². The van der Waals surface area contributed by atoms with Gasteiger partial charge in [0.25, 0.3) is 0 Å². The van der Waals surface area contributed by atoms with Gasteiger partial charge in [-0.3, -0.25) is 4.90 Å². The number of hydrogen-bond donors (Lipinski definition) is 1. The van der Waals surface area contributed by atoms with E-state index in [0.717, 1.165) is 49.4 Å². The first-order valence-electron chi connectivity index (χ1n) is 8.72. The fraction of sp³-hybridized carbons (Fsp3) is 0.500. The van der Waals surface area contributed by atoms with Crippen LogP contribution in [-0.2, 0) is 6.54 Å². The monoisotopic (exact) mass is 360 g/mol. The Bertz CT molecular complexity index is 728. The molecule has 134 valence electrons. The van der Waals surface area contributed by atoms with Crippen molar-refractivity contribution in [1.82, 2.24) is 15.2 Å². The Kier molecular flexibility index (Phi) is 4.78. The maximum absolute atomic E-state index is 5.51. The third kappa shape index (κ3) is 3.44. The zero-order valence-electron chi connectivity index (χ0n) is 14.7. The van der Waals surface area contributed by atoms with Crippen LogP contribution in [-0.4, -0.2) is 49.9 Å². The van der Waals surface area contributed by atoms with Gasteiger partial charge in [0.05, 0.1) is 0 Å². The average Bonchev–Trinajstić information content (AvgIpc) is 3.30. The zero-order chi connectivity index (χ0) is 17.2. The first-order chi connectivity index (χ1) is 12.2. The van der Waals surface area contributed by atoms with Crippen LogP contribution in [0.15, 0.2) is 24.4 Å². The fourth-order valence-electron chi connectivity index (χ4n) is 3.38. The predicted octanol–water partition coefficient (Wildman–Crippen LogP) is 2.47. The number of hydrogen-bond acceptors (Lipinski definition) is 7. The summed E-state index contributed by atoms with van der Waals surface area (Å²) in [6, 6.07) is 6.65. The van der Waals surface area contributed by atoms with Gasteiger partial charge in [-0.05, 0) is 31.7 Å². The van der Waals surface area contributed by atoms with Crippen molar-refractivity contribution in [3.8, 4) is 11.5 Å². The van der Waals surface area contributed by atoms with Gasteiger partial charge in [0.2, 0.25) is 6.79 Å². The molecule has 1 fully saturated rings. The van der Waals surface area contributed by atoms with Crippen molar-refractivity contribution >= 4 is 16.5 Å². The first-order valence-corrected chi connectivity index (χ1v) is 9.54. The summed E-state index contributed by atoms with van der Waals surface area (Å²) in [5, 5.41) is 4.32. The SMILES string of the molecule is CNCc1cnc(N2CCN(C(C)c3ccc4c(c3)OCO4)CC2)s1. The van der Waals surface area contributed by atoms with E-state index in [1.807, 2.05) is 19.3 Å². The summed E-state index contributed by atoms with van der Waals surface area (Å²) < 4.78 is 10.9.